The summed E-state index contributed by atoms with van der Waals surface area (Å²) in [5.74, 6) is -0.473. The molecule has 1 aromatic carbocycles. The Bertz CT molecular complexity index is 897. The number of carbonyl (C=O) groups excluding carboxylic acids is 3. The number of aryl methyl sites for hydroxylation is 1. The van der Waals surface area contributed by atoms with Crippen molar-refractivity contribution in [1.29, 1.82) is 0 Å². The predicted molar refractivity (Wildman–Crippen MR) is 115 cm³/mol. The fraction of sp³-hybridized carbons (Fsp3) is 0.348. The minimum Gasteiger partial charge on any atom is -0.465 e. The summed E-state index contributed by atoms with van der Waals surface area (Å²) in [4.78, 5) is 38.4. The second-order valence-electron chi connectivity index (χ2n) is 7.29. The first-order valence-electron chi connectivity index (χ1n) is 10.2. The van der Waals surface area contributed by atoms with Gasteiger partial charge in [0.2, 0.25) is 5.91 Å². The van der Waals surface area contributed by atoms with Crippen LogP contribution in [0.25, 0.3) is 6.08 Å². The van der Waals surface area contributed by atoms with Gasteiger partial charge in [-0.3, -0.25) is 14.4 Å². The minimum absolute atomic E-state index is 0.0529. The van der Waals surface area contributed by atoms with Gasteiger partial charge >= 0.3 is 11.8 Å². The van der Waals surface area contributed by atoms with Crippen LogP contribution in [0.4, 0.5) is 5.69 Å². The lowest BCUT2D eigenvalue weighted by atomic mass is 9.96. The number of nitrogens with zero attached hydrogens (tertiary/aromatic N) is 1. The number of anilines is 1. The Morgan fingerprint density at radius 3 is 2.57 bits per heavy atom. The lowest BCUT2D eigenvalue weighted by molar-refractivity contribution is -0.136. The van der Waals surface area contributed by atoms with Gasteiger partial charge in [0.05, 0.1) is 6.26 Å². The molecule has 0 bridgehead atoms. The molecule has 3 amide bonds. The maximum atomic E-state index is 12.3. The first-order chi connectivity index (χ1) is 14.6. The lowest BCUT2D eigenvalue weighted by Gasteiger charge is -2.31. The third-order valence-electron chi connectivity index (χ3n) is 5.26. The first kappa shape index (κ1) is 21.4. The summed E-state index contributed by atoms with van der Waals surface area (Å²) in [6, 6.07) is 11.0. The third-order valence-corrected chi connectivity index (χ3v) is 5.26. The van der Waals surface area contributed by atoms with Crippen molar-refractivity contribution >= 4 is 29.5 Å². The van der Waals surface area contributed by atoms with Crippen molar-refractivity contribution in [1.82, 2.24) is 10.2 Å². The highest BCUT2D eigenvalue weighted by Gasteiger charge is 2.23. The number of nitrogens with one attached hydrogen (secondary N) is 2. The fourth-order valence-electron chi connectivity index (χ4n) is 3.45. The molecule has 30 heavy (non-hydrogen) atoms. The number of rotatable bonds is 6. The molecular formula is C23H27N3O4. The van der Waals surface area contributed by atoms with Gasteiger partial charge in [0.15, 0.2) is 0 Å². The quantitative estimate of drug-likeness (QED) is 0.567. The predicted octanol–water partition coefficient (Wildman–Crippen LogP) is 2.85. The molecule has 1 aromatic heterocycles. The largest absolute Gasteiger partial charge is 0.465 e. The number of carbonyl (C=O) groups is 3. The summed E-state index contributed by atoms with van der Waals surface area (Å²) in [6.45, 7) is 3.66. The molecule has 1 aliphatic heterocycles. The first-order valence-corrected chi connectivity index (χ1v) is 10.2. The lowest BCUT2D eigenvalue weighted by Crippen LogP contribution is -2.43. The number of hydrogen-bond donors (Lipinski definition) is 2. The van der Waals surface area contributed by atoms with E-state index in [1.165, 1.54) is 6.08 Å². The van der Waals surface area contributed by atoms with E-state index in [0.717, 1.165) is 24.8 Å². The van der Waals surface area contributed by atoms with Crippen LogP contribution in [0.1, 0.15) is 31.1 Å². The van der Waals surface area contributed by atoms with E-state index in [-0.39, 0.29) is 11.8 Å². The number of para-hydroxylation sites is 1. The van der Waals surface area contributed by atoms with E-state index in [9.17, 15) is 14.4 Å². The third kappa shape index (κ3) is 5.83. The molecule has 1 saturated heterocycles. The van der Waals surface area contributed by atoms with E-state index in [1.807, 2.05) is 25.1 Å². The Morgan fingerprint density at radius 1 is 1.10 bits per heavy atom. The highest BCUT2D eigenvalue weighted by molar-refractivity contribution is 6.39. The molecule has 2 aromatic rings. The number of piperidine rings is 1. The van der Waals surface area contributed by atoms with E-state index >= 15 is 0 Å². The highest BCUT2D eigenvalue weighted by atomic mass is 16.3. The van der Waals surface area contributed by atoms with E-state index < -0.39 is 11.8 Å². The van der Waals surface area contributed by atoms with Crippen molar-refractivity contribution in [3.05, 3.63) is 60.1 Å². The van der Waals surface area contributed by atoms with Gasteiger partial charge in [-0.2, -0.15) is 0 Å². The fourth-order valence-corrected chi connectivity index (χ4v) is 3.45. The molecule has 0 spiro atoms. The van der Waals surface area contributed by atoms with E-state index in [1.54, 1.807) is 35.4 Å². The molecule has 0 atom stereocenters. The van der Waals surface area contributed by atoms with Crippen LogP contribution < -0.4 is 10.6 Å². The van der Waals surface area contributed by atoms with Crippen LogP contribution in [-0.4, -0.2) is 42.3 Å². The topological polar surface area (TPSA) is 91.7 Å². The van der Waals surface area contributed by atoms with Crippen molar-refractivity contribution in [3.8, 4) is 0 Å². The van der Waals surface area contributed by atoms with Gasteiger partial charge in [0.1, 0.15) is 5.76 Å². The van der Waals surface area contributed by atoms with E-state index in [2.05, 4.69) is 10.6 Å². The zero-order valence-corrected chi connectivity index (χ0v) is 17.1. The van der Waals surface area contributed by atoms with Crippen LogP contribution in [0.15, 0.2) is 53.2 Å². The number of hydrogen-bond acceptors (Lipinski definition) is 4. The van der Waals surface area contributed by atoms with E-state index in [0.29, 0.717) is 31.1 Å². The van der Waals surface area contributed by atoms with Crippen LogP contribution in [0.2, 0.25) is 0 Å². The number of furan rings is 1. The van der Waals surface area contributed by atoms with Crippen molar-refractivity contribution in [2.75, 3.05) is 25.0 Å². The molecular weight excluding hydrogens is 382 g/mol. The Labute approximate surface area is 176 Å². The maximum Gasteiger partial charge on any atom is 0.313 e. The zero-order valence-electron chi connectivity index (χ0n) is 17.1. The molecule has 158 valence electrons. The van der Waals surface area contributed by atoms with Crippen molar-refractivity contribution in [2.24, 2.45) is 5.92 Å². The standard InChI is InChI=1S/C23H27N3O4/c1-2-18-6-3-4-8-20(18)25-23(29)22(28)24-16-17-11-13-26(14-12-17)21(27)10-9-19-7-5-15-30-19/h3-10,15,17H,2,11-14,16H2,1H3,(H,24,28)(H,25,29). The number of benzene rings is 1. The molecule has 1 fully saturated rings. The summed E-state index contributed by atoms with van der Waals surface area (Å²) in [7, 11) is 0. The molecule has 0 aliphatic carbocycles. The molecule has 3 rings (SSSR count). The Balaban J connectivity index is 1.40. The molecule has 1 aliphatic rings. The molecule has 0 unspecified atom stereocenters. The second-order valence-corrected chi connectivity index (χ2v) is 7.29. The molecule has 2 N–H and O–H groups in total. The Hall–Kier alpha value is -3.35. The Kier molecular flexibility index (Phi) is 7.43. The van der Waals surface area contributed by atoms with Gasteiger partial charge in [-0.25, -0.2) is 0 Å². The molecule has 2 heterocycles. The average Bonchev–Trinajstić information content (AvgIpc) is 3.30. The Morgan fingerprint density at radius 2 is 1.87 bits per heavy atom. The van der Waals surface area contributed by atoms with Gasteiger partial charge in [0, 0.05) is 31.4 Å². The van der Waals surface area contributed by atoms with Crippen LogP contribution in [0.5, 0.6) is 0 Å². The van der Waals surface area contributed by atoms with Crippen LogP contribution in [0, 0.1) is 5.92 Å². The maximum absolute atomic E-state index is 12.3. The average molecular weight is 409 g/mol. The van der Waals surface area contributed by atoms with Gasteiger partial charge in [-0.1, -0.05) is 25.1 Å². The normalized spacial score (nSPS) is 14.6. The summed E-state index contributed by atoms with van der Waals surface area (Å²) in [5, 5.41) is 5.39. The van der Waals surface area contributed by atoms with Gasteiger partial charge < -0.3 is 20.0 Å². The van der Waals surface area contributed by atoms with Crippen molar-refractivity contribution < 1.29 is 18.8 Å². The smallest absolute Gasteiger partial charge is 0.313 e. The van der Waals surface area contributed by atoms with Crippen molar-refractivity contribution in [2.45, 2.75) is 26.2 Å². The van der Waals surface area contributed by atoms with Crippen LogP contribution >= 0.6 is 0 Å². The molecule has 7 nitrogen and oxygen atoms in total. The SMILES string of the molecule is CCc1ccccc1NC(=O)C(=O)NCC1CCN(C(=O)C=Cc2ccco2)CC1. The number of amides is 3. The molecule has 7 heteroatoms. The van der Waals surface area contributed by atoms with Crippen LogP contribution in [-0.2, 0) is 20.8 Å². The van der Waals surface area contributed by atoms with E-state index in [4.69, 9.17) is 4.42 Å². The van der Waals surface area contributed by atoms with Gasteiger partial charge in [0.25, 0.3) is 0 Å². The monoisotopic (exact) mass is 409 g/mol. The van der Waals surface area contributed by atoms with Crippen molar-refractivity contribution in [3.63, 3.8) is 0 Å². The summed E-state index contributed by atoms with van der Waals surface area (Å²) < 4.78 is 5.18. The summed E-state index contributed by atoms with van der Waals surface area (Å²) in [5.41, 5.74) is 1.64. The summed E-state index contributed by atoms with van der Waals surface area (Å²) >= 11 is 0. The second kappa shape index (κ2) is 10.4. The minimum atomic E-state index is -0.661. The van der Waals surface area contributed by atoms with Gasteiger partial charge in [-0.15, -0.1) is 0 Å². The van der Waals surface area contributed by atoms with Gasteiger partial charge in [-0.05, 0) is 55.0 Å². The zero-order chi connectivity index (χ0) is 21.3. The molecule has 0 saturated carbocycles. The molecule has 0 radical (unpaired) electrons. The summed E-state index contributed by atoms with van der Waals surface area (Å²) in [6.07, 6.45) is 7.06. The van der Waals surface area contributed by atoms with Crippen LogP contribution in [0.3, 0.4) is 0 Å². The highest BCUT2D eigenvalue weighted by Crippen LogP contribution is 2.18. The number of likely N-dealkylation sites (tertiary alicyclic amines) is 1.